The number of aromatic hydroxyl groups is 2. The number of nitrogens with zero attached hydrogens (tertiary/aromatic N) is 1. The molecule has 0 aliphatic carbocycles. The third-order valence-electron chi connectivity index (χ3n) is 2.74. The normalized spacial score (nSPS) is 16.1. The Morgan fingerprint density at radius 2 is 1.94 bits per heavy atom. The van der Waals surface area contributed by atoms with Crippen LogP contribution < -0.4 is 0 Å². The van der Waals surface area contributed by atoms with Crippen LogP contribution in [-0.2, 0) is 4.74 Å². The number of morpholine rings is 1. The van der Waals surface area contributed by atoms with E-state index in [1.54, 1.807) is 6.20 Å². The van der Waals surface area contributed by atoms with E-state index in [1.807, 2.05) is 4.90 Å². The molecule has 1 aliphatic heterocycles. The first kappa shape index (κ1) is 12.4. The van der Waals surface area contributed by atoms with Gasteiger partial charge in [0.05, 0.1) is 13.2 Å². The number of allylic oxidation sites excluding steroid dienone is 1. The highest BCUT2D eigenvalue weighted by atomic mass is 16.5. The van der Waals surface area contributed by atoms with Gasteiger partial charge in [-0.1, -0.05) is 0 Å². The number of rotatable bonds is 3. The van der Waals surface area contributed by atoms with Gasteiger partial charge in [-0.3, -0.25) is 4.79 Å². The zero-order chi connectivity index (χ0) is 13.0. The second-order valence-corrected chi connectivity index (χ2v) is 4.03. The fourth-order valence-electron chi connectivity index (χ4n) is 1.67. The van der Waals surface area contributed by atoms with Gasteiger partial charge in [-0.15, -0.1) is 0 Å². The van der Waals surface area contributed by atoms with Gasteiger partial charge in [-0.2, -0.15) is 0 Å². The number of ketones is 1. The summed E-state index contributed by atoms with van der Waals surface area (Å²) in [5, 5.41) is 18.5. The molecule has 1 aliphatic rings. The molecule has 0 aromatic heterocycles. The fourth-order valence-corrected chi connectivity index (χ4v) is 1.67. The van der Waals surface area contributed by atoms with Crippen LogP contribution in [0.2, 0.25) is 0 Å². The molecule has 0 atom stereocenters. The summed E-state index contributed by atoms with van der Waals surface area (Å²) in [5.74, 6) is -0.735. The largest absolute Gasteiger partial charge is 0.504 e. The van der Waals surface area contributed by atoms with E-state index in [2.05, 4.69) is 0 Å². The Kier molecular flexibility index (Phi) is 3.84. The van der Waals surface area contributed by atoms with E-state index in [9.17, 15) is 9.90 Å². The molecular formula is C13H15NO4. The first-order valence-corrected chi connectivity index (χ1v) is 5.73. The molecule has 5 heteroatoms. The minimum atomic E-state index is -0.291. The summed E-state index contributed by atoms with van der Waals surface area (Å²) < 4.78 is 5.20. The van der Waals surface area contributed by atoms with E-state index in [1.165, 1.54) is 24.3 Å². The Morgan fingerprint density at radius 3 is 2.61 bits per heavy atom. The molecule has 1 aromatic carbocycles. The van der Waals surface area contributed by atoms with Crippen LogP contribution >= 0.6 is 0 Å². The molecule has 0 amide bonds. The van der Waals surface area contributed by atoms with Gasteiger partial charge in [0.15, 0.2) is 17.3 Å². The highest BCUT2D eigenvalue weighted by Gasteiger charge is 2.08. The molecule has 2 rings (SSSR count). The number of ether oxygens (including phenoxy) is 1. The van der Waals surface area contributed by atoms with Crippen LogP contribution in [0.4, 0.5) is 0 Å². The molecule has 0 radical (unpaired) electrons. The van der Waals surface area contributed by atoms with Crippen molar-refractivity contribution in [3.8, 4) is 11.5 Å². The van der Waals surface area contributed by atoms with Crippen molar-refractivity contribution in [1.82, 2.24) is 4.90 Å². The summed E-state index contributed by atoms with van der Waals surface area (Å²) >= 11 is 0. The zero-order valence-electron chi connectivity index (χ0n) is 9.87. The molecule has 1 aromatic rings. The predicted octanol–water partition coefficient (Wildman–Crippen LogP) is 1.13. The second-order valence-electron chi connectivity index (χ2n) is 4.03. The van der Waals surface area contributed by atoms with Crippen molar-refractivity contribution in [3.05, 3.63) is 36.0 Å². The Morgan fingerprint density at radius 1 is 1.22 bits per heavy atom. The fraction of sp³-hybridized carbons (Fsp3) is 0.308. The van der Waals surface area contributed by atoms with Gasteiger partial charge in [0.2, 0.25) is 0 Å². The van der Waals surface area contributed by atoms with Crippen molar-refractivity contribution in [2.45, 2.75) is 0 Å². The second kappa shape index (κ2) is 5.55. The predicted molar refractivity (Wildman–Crippen MR) is 65.6 cm³/mol. The maximum Gasteiger partial charge on any atom is 0.187 e. The summed E-state index contributed by atoms with van der Waals surface area (Å²) in [6.07, 6.45) is 3.19. The summed E-state index contributed by atoms with van der Waals surface area (Å²) in [5.41, 5.74) is 0.342. The van der Waals surface area contributed by atoms with E-state index in [4.69, 9.17) is 9.84 Å². The zero-order valence-corrected chi connectivity index (χ0v) is 9.87. The van der Waals surface area contributed by atoms with Gasteiger partial charge >= 0.3 is 0 Å². The van der Waals surface area contributed by atoms with Crippen molar-refractivity contribution >= 4 is 5.78 Å². The van der Waals surface area contributed by atoms with E-state index in [0.29, 0.717) is 18.8 Å². The number of hydrogen-bond donors (Lipinski definition) is 2. The lowest BCUT2D eigenvalue weighted by molar-refractivity contribution is 0.0591. The van der Waals surface area contributed by atoms with Crippen molar-refractivity contribution in [3.63, 3.8) is 0 Å². The molecule has 0 spiro atoms. The molecule has 2 N–H and O–H groups in total. The van der Waals surface area contributed by atoms with Crippen LogP contribution in [0.3, 0.4) is 0 Å². The SMILES string of the molecule is O=C(C=CN1CCOCC1)c1ccc(O)c(O)c1. The number of carbonyl (C=O) groups excluding carboxylic acids is 1. The summed E-state index contributed by atoms with van der Waals surface area (Å²) in [4.78, 5) is 13.8. The number of carbonyl (C=O) groups is 1. The molecule has 96 valence electrons. The first-order chi connectivity index (χ1) is 8.66. The van der Waals surface area contributed by atoms with Crippen LogP contribution in [-0.4, -0.2) is 47.2 Å². The molecular weight excluding hydrogens is 234 g/mol. The topological polar surface area (TPSA) is 70.0 Å². The monoisotopic (exact) mass is 249 g/mol. The van der Waals surface area contributed by atoms with Crippen LogP contribution in [0.25, 0.3) is 0 Å². The van der Waals surface area contributed by atoms with Crippen LogP contribution in [0, 0.1) is 0 Å². The minimum Gasteiger partial charge on any atom is -0.504 e. The highest BCUT2D eigenvalue weighted by molar-refractivity contribution is 6.04. The van der Waals surface area contributed by atoms with Gasteiger partial charge in [0.1, 0.15) is 0 Å². The molecule has 0 unspecified atom stereocenters. The average molecular weight is 249 g/mol. The molecule has 1 heterocycles. The molecule has 1 fully saturated rings. The maximum atomic E-state index is 11.8. The average Bonchev–Trinajstić information content (AvgIpc) is 2.40. The van der Waals surface area contributed by atoms with Crippen LogP contribution in [0.5, 0.6) is 11.5 Å². The summed E-state index contributed by atoms with van der Waals surface area (Å²) in [7, 11) is 0. The van der Waals surface area contributed by atoms with Crippen molar-refractivity contribution in [1.29, 1.82) is 0 Å². The molecule has 0 bridgehead atoms. The van der Waals surface area contributed by atoms with Gasteiger partial charge in [0.25, 0.3) is 0 Å². The highest BCUT2D eigenvalue weighted by Crippen LogP contribution is 2.25. The lowest BCUT2D eigenvalue weighted by Gasteiger charge is -2.24. The molecule has 0 saturated carbocycles. The van der Waals surface area contributed by atoms with Gasteiger partial charge in [0, 0.05) is 30.9 Å². The third kappa shape index (κ3) is 3.01. The summed E-state index contributed by atoms with van der Waals surface area (Å²) in [6.45, 7) is 2.87. The summed E-state index contributed by atoms with van der Waals surface area (Å²) in [6, 6.07) is 4.02. The van der Waals surface area contributed by atoms with Crippen molar-refractivity contribution in [2.75, 3.05) is 26.3 Å². The van der Waals surface area contributed by atoms with Gasteiger partial charge in [-0.25, -0.2) is 0 Å². The lowest BCUT2D eigenvalue weighted by Crippen LogP contribution is -2.32. The van der Waals surface area contributed by atoms with Gasteiger partial charge in [-0.05, 0) is 18.2 Å². The minimum absolute atomic E-state index is 0.211. The standard InChI is InChI=1S/C13H15NO4/c15-11(3-4-14-5-7-18-8-6-14)10-1-2-12(16)13(17)9-10/h1-4,9,16-17H,5-8H2. The quantitative estimate of drug-likeness (QED) is 0.477. The number of phenols is 2. The van der Waals surface area contributed by atoms with E-state index in [0.717, 1.165) is 13.1 Å². The molecule has 1 saturated heterocycles. The Hall–Kier alpha value is -2.01. The van der Waals surface area contributed by atoms with Crippen LogP contribution in [0.1, 0.15) is 10.4 Å². The molecule has 18 heavy (non-hydrogen) atoms. The van der Waals surface area contributed by atoms with E-state index < -0.39 is 0 Å². The number of phenolic OH excluding ortho intramolecular Hbond substituents is 2. The first-order valence-electron chi connectivity index (χ1n) is 5.73. The maximum absolute atomic E-state index is 11.8. The Labute approximate surface area is 105 Å². The van der Waals surface area contributed by atoms with Crippen LogP contribution in [0.15, 0.2) is 30.5 Å². The van der Waals surface area contributed by atoms with Crippen molar-refractivity contribution in [2.24, 2.45) is 0 Å². The Balaban J connectivity index is 2.02. The lowest BCUT2D eigenvalue weighted by atomic mass is 10.1. The smallest absolute Gasteiger partial charge is 0.187 e. The van der Waals surface area contributed by atoms with Gasteiger partial charge < -0.3 is 19.8 Å². The van der Waals surface area contributed by atoms with E-state index in [-0.39, 0.29) is 17.3 Å². The Bertz CT molecular complexity index is 464. The number of hydrogen-bond acceptors (Lipinski definition) is 5. The third-order valence-corrected chi connectivity index (χ3v) is 2.74. The van der Waals surface area contributed by atoms with E-state index >= 15 is 0 Å². The molecule has 5 nitrogen and oxygen atoms in total. The number of benzene rings is 1. The van der Waals surface area contributed by atoms with Crippen molar-refractivity contribution < 1.29 is 19.7 Å².